The first kappa shape index (κ1) is 39.1. The van der Waals surface area contributed by atoms with Crippen LogP contribution in [-0.4, -0.2) is 55.5 Å². The summed E-state index contributed by atoms with van der Waals surface area (Å²) in [6.45, 7) is 17.0. The van der Waals surface area contributed by atoms with Crippen molar-refractivity contribution in [1.82, 2.24) is 10.6 Å². The number of nitrogens with zero attached hydrogens (tertiary/aromatic N) is 2. The molecule has 6 heteroatoms. The molecular formula is C44H64N5O+. The fraction of sp³-hybridized carbons (Fsp3) is 0.500. The molecule has 0 atom stereocenters. The number of nitrogens with one attached hydrogen (secondary N) is 2. The zero-order valence-corrected chi connectivity index (χ0v) is 31.6. The van der Waals surface area contributed by atoms with Crippen molar-refractivity contribution < 1.29 is 9.37 Å². The molecule has 6 nitrogen and oxygen atoms in total. The van der Waals surface area contributed by atoms with E-state index in [1.807, 2.05) is 0 Å². The second kappa shape index (κ2) is 19.6. The lowest BCUT2D eigenvalue weighted by Crippen LogP contribution is -2.28. The Morgan fingerprint density at radius 2 is 1.50 bits per heavy atom. The molecule has 0 unspecified atom stereocenters. The first-order valence-electron chi connectivity index (χ1n) is 19.2. The highest BCUT2D eigenvalue weighted by molar-refractivity contribution is 6.03. The zero-order chi connectivity index (χ0) is 35.8. The SMILES string of the molecule is CCCCN1/C(=C/C=C/C=C/C=C/C2=[N+](CCCCCC(=O)NCCCNCCCCN)c3ccccc3C2(C)C)C(C)(C)c2ccccc21. The lowest BCUT2D eigenvalue weighted by molar-refractivity contribution is -0.438. The van der Waals surface area contributed by atoms with Crippen LogP contribution in [0.2, 0.25) is 0 Å². The normalized spacial score (nSPS) is 17.2. The van der Waals surface area contributed by atoms with E-state index in [0.717, 1.165) is 77.8 Å². The Hall–Kier alpha value is -3.74. The largest absolute Gasteiger partial charge is 0.356 e. The van der Waals surface area contributed by atoms with E-state index in [0.29, 0.717) is 6.42 Å². The number of anilines is 1. The molecule has 0 saturated carbocycles. The third-order valence-electron chi connectivity index (χ3n) is 10.2. The Morgan fingerprint density at radius 3 is 2.30 bits per heavy atom. The van der Waals surface area contributed by atoms with Crippen LogP contribution in [-0.2, 0) is 15.6 Å². The highest BCUT2D eigenvalue weighted by atomic mass is 16.1. The number of rotatable bonds is 21. The van der Waals surface area contributed by atoms with Crippen LogP contribution in [0.15, 0.2) is 96.8 Å². The fourth-order valence-corrected chi connectivity index (χ4v) is 7.35. The number of fused-ring (bicyclic) bond motifs is 2. The number of hydrogen-bond donors (Lipinski definition) is 3. The molecule has 2 aliphatic heterocycles. The number of nitrogens with two attached hydrogens (primary N) is 1. The molecule has 270 valence electrons. The van der Waals surface area contributed by atoms with Gasteiger partial charge in [0.25, 0.3) is 0 Å². The first-order chi connectivity index (χ1) is 24.2. The van der Waals surface area contributed by atoms with E-state index in [2.05, 4.69) is 146 Å². The number of carbonyl (C=O) groups excluding carboxylic acids is 1. The van der Waals surface area contributed by atoms with Gasteiger partial charge in [0.2, 0.25) is 11.6 Å². The summed E-state index contributed by atoms with van der Waals surface area (Å²) in [6.07, 6.45) is 24.4. The fourth-order valence-electron chi connectivity index (χ4n) is 7.35. The van der Waals surface area contributed by atoms with Gasteiger partial charge >= 0.3 is 0 Å². The number of para-hydroxylation sites is 2. The van der Waals surface area contributed by atoms with Crippen LogP contribution in [0.1, 0.15) is 104 Å². The van der Waals surface area contributed by atoms with Gasteiger partial charge in [-0.3, -0.25) is 4.79 Å². The maximum atomic E-state index is 12.4. The highest BCUT2D eigenvalue weighted by Gasteiger charge is 2.43. The Morgan fingerprint density at radius 1 is 0.780 bits per heavy atom. The number of unbranched alkanes of at least 4 members (excludes halogenated alkanes) is 4. The number of benzene rings is 2. The lowest BCUT2D eigenvalue weighted by Gasteiger charge is -2.27. The Labute approximate surface area is 303 Å². The van der Waals surface area contributed by atoms with Crippen molar-refractivity contribution in [1.29, 1.82) is 0 Å². The minimum atomic E-state index is -0.0780. The third kappa shape index (κ3) is 10.2. The van der Waals surface area contributed by atoms with Crippen molar-refractivity contribution in [3.8, 4) is 0 Å². The van der Waals surface area contributed by atoms with Crippen LogP contribution < -0.4 is 21.3 Å². The average Bonchev–Trinajstić information content (AvgIpc) is 3.46. The molecule has 50 heavy (non-hydrogen) atoms. The molecule has 0 radical (unpaired) electrons. The Kier molecular flexibility index (Phi) is 15.3. The molecule has 2 aromatic rings. The number of carbonyl (C=O) groups is 1. The summed E-state index contributed by atoms with van der Waals surface area (Å²) >= 11 is 0. The smallest absolute Gasteiger partial charge is 0.219 e. The molecule has 0 aliphatic carbocycles. The van der Waals surface area contributed by atoms with Crippen molar-refractivity contribution in [3.05, 3.63) is 108 Å². The van der Waals surface area contributed by atoms with Crippen LogP contribution in [0.5, 0.6) is 0 Å². The summed E-state index contributed by atoms with van der Waals surface area (Å²) in [5, 5.41) is 6.49. The molecule has 2 aliphatic rings. The van der Waals surface area contributed by atoms with Gasteiger partial charge in [-0.05, 0) is 89.7 Å². The summed E-state index contributed by atoms with van der Waals surface area (Å²) in [7, 11) is 0. The van der Waals surface area contributed by atoms with Crippen LogP contribution >= 0.6 is 0 Å². The second-order valence-electron chi connectivity index (χ2n) is 14.8. The molecule has 4 N–H and O–H groups in total. The zero-order valence-electron chi connectivity index (χ0n) is 31.6. The molecule has 0 saturated heterocycles. The van der Waals surface area contributed by atoms with Crippen molar-refractivity contribution in [2.24, 2.45) is 5.73 Å². The van der Waals surface area contributed by atoms with Crippen LogP contribution in [0.3, 0.4) is 0 Å². The van der Waals surface area contributed by atoms with Gasteiger partial charge in [-0.25, -0.2) is 0 Å². The summed E-state index contributed by atoms with van der Waals surface area (Å²) in [4.78, 5) is 14.9. The molecule has 0 fully saturated rings. The molecular weight excluding hydrogens is 615 g/mol. The highest BCUT2D eigenvalue weighted by Crippen LogP contribution is 2.47. The average molecular weight is 679 g/mol. The van der Waals surface area contributed by atoms with Crippen LogP contribution in [0, 0.1) is 0 Å². The Balaban J connectivity index is 1.31. The van der Waals surface area contributed by atoms with Crippen molar-refractivity contribution in [3.63, 3.8) is 0 Å². The predicted octanol–water partition coefficient (Wildman–Crippen LogP) is 8.61. The topological polar surface area (TPSA) is 73.4 Å². The van der Waals surface area contributed by atoms with E-state index < -0.39 is 0 Å². The summed E-state index contributed by atoms with van der Waals surface area (Å²) in [5.74, 6) is 0.166. The van der Waals surface area contributed by atoms with Gasteiger partial charge in [0, 0.05) is 60.4 Å². The molecule has 0 spiro atoms. The minimum absolute atomic E-state index is 0.0179. The van der Waals surface area contributed by atoms with Crippen LogP contribution in [0.25, 0.3) is 0 Å². The molecule has 4 rings (SSSR count). The van der Waals surface area contributed by atoms with Gasteiger partial charge in [0.1, 0.15) is 6.54 Å². The molecule has 2 aromatic carbocycles. The van der Waals surface area contributed by atoms with E-state index in [-0.39, 0.29) is 16.7 Å². The van der Waals surface area contributed by atoms with Crippen molar-refractivity contribution >= 4 is 23.0 Å². The summed E-state index contributed by atoms with van der Waals surface area (Å²) < 4.78 is 2.49. The third-order valence-corrected chi connectivity index (χ3v) is 10.2. The standard InChI is InChI=1S/C44H63N5O/c1-6-7-34-48-38-25-17-15-23-36(38)43(2,3)40(48)27-12-9-8-10-13-28-41-44(4,5)37-24-16-18-26-39(37)49(41)35-21-11-14-29-42(50)47-33-22-32-46-31-20-19-30-45/h8-10,12-13,15-18,23-28,46H,6-7,11,14,19-22,29-35,45H2,1-5H3/p+1. The van der Waals surface area contributed by atoms with Crippen molar-refractivity contribution in [2.75, 3.05) is 44.2 Å². The lowest BCUT2D eigenvalue weighted by atomic mass is 9.81. The summed E-state index contributed by atoms with van der Waals surface area (Å²) in [6, 6.07) is 17.7. The molecule has 1 amide bonds. The Bertz CT molecular complexity index is 1540. The van der Waals surface area contributed by atoms with Gasteiger partial charge in [0.05, 0.1) is 5.41 Å². The first-order valence-corrected chi connectivity index (χ1v) is 19.2. The minimum Gasteiger partial charge on any atom is -0.356 e. The molecule has 0 bridgehead atoms. The number of hydrogen-bond acceptors (Lipinski definition) is 4. The predicted molar refractivity (Wildman–Crippen MR) is 214 cm³/mol. The van der Waals surface area contributed by atoms with Gasteiger partial charge in [-0.2, -0.15) is 4.58 Å². The van der Waals surface area contributed by atoms with Gasteiger partial charge in [-0.15, -0.1) is 0 Å². The molecule has 2 heterocycles. The van der Waals surface area contributed by atoms with E-state index in [4.69, 9.17) is 5.73 Å². The van der Waals surface area contributed by atoms with Crippen molar-refractivity contribution in [2.45, 2.75) is 103 Å². The maximum Gasteiger partial charge on any atom is 0.219 e. The quantitative estimate of drug-likeness (QED) is 0.0703. The van der Waals surface area contributed by atoms with E-state index in [1.165, 1.54) is 46.8 Å². The molecule has 0 aromatic heterocycles. The van der Waals surface area contributed by atoms with E-state index in [1.54, 1.807) is 0 Å². The van der Waals surface area contributed by atoms with E-state index >= 15 is 0 Å². The monoisotopic (exact) mass is 679 g/mol. The second-order valence-corrected chi connectivity index (χ2v) is 14.8. The van der Waals surface area contributed by atoms with Gasteiger partial charge < -0.3 is 21.3 Å². The number of allylic oxidation sites excluding steroid dienone is 8. The maximum absolute atomic E-state index is 12.4. The summed E-state index contributed by atoms with van der Waals surface area (Å²) in [5.41, 5.74) is 13.6. The van der Waals surface area contributed by atoms with Gasteiger partial charge in [0.15, 0.2) is 5.71 Å². The van der Waals surface area contributed by atoms with Gasteiger partial charge in [-0.1, -0.05) is 94.0 Å². The van der Waals surface area contributed by atoms with E-state index in [9.17, 15) is 4.79 Å². The number of amides is 1. The van der Waals surface area contributed by atoms with Crippen LogP contribution in [0.4, 0.5) is 11.4 Å².